The highest BCUT2D eigenvalue weighted by molar-refractivity contribution is 5.93. The Morgan fingerprint density at radius 2 is 1.86 bits per heavy atom. The third-order valence-corrected chi connectivity index (χ3v) is 3.90. The van der Waals surface area contributed by atoms with Gasteiger partial charge in [0.15, 0.2) is 0 Å². The van der Waals surface area contributed by atoms with Crippen LogP contribution in [0.2, 0.25) is 0 Å². The summed E-state index contributed by atoms with van der Waals surface area (Å²) in [6.07, 6.45) is 5.62. The molecule has 1 aromatic heterocycles. The molecule has 1 saturated carbocycles. The maximum absolute atomic E-state index is 12.1. The number of hydrogen-bond acceptors (Lipinski definition) is 3. The number of alkyl carbamates (subject to hydrolysis) is 1. The van der Waals surface area contributed by atoms with Gasteiger partial charge in [0.05, 0.1) is 5.52 Å². The molecule has 1 aromatic carbocycles. The molecular formula is C16H18N2O3. The predicted octanol–water partition coefficient (Wildman–Crippen LogP) is 3.67. The van der Waals surface area contributed by atoms with Crippen molar-refractivity contribution in [2.45, 2.75) is 38.1 Å². The van der Waals surface area contributed by atoms with Crippen LogP contribution < -0.4 is 5.32 Å². The topological polar surface area (TPSA) is 60.3 Å². The van der Waals surface area contributed by atoms with Crippen LogP contribution in [0.5, 0.6) is 0 Å². The van der Waals surface area contributed by atoms with Gasteiger partial charge in [-0.2, -0.15) is 0 Å². The molecule has 0 aliphatic heterocycles. The summed E-state index contributed by atoms with van der Waals surface area (Å²) in [6, 6.07) is 9.40. The van der Waals surface area contributed by atoms with E-state index in [4.69, 9.17) is 4.74 Å². The molecular weight excluding hydrogens is 268 g/mol. The Morgan fingerprint density at radius 1 is 1.10 bits per heavy atom. The van der Waals surface area contributed by atoms with Crippen molar-refractivity contribution in [3.63, 3.8) is 0 Å². The molecule has 3 rings (SSSR count). The van der Waals surface area contributed by atoms with E-state index in [2.05, 4.69) is 5.32 Å². The summed E-state index contributed by atoms with van der Waals surface area (Å²) in [5, 5.41) is 3.70. The number of amides is 1. The highest BCUT2D eigenvalue weighted by Crippen LogP contribution is 2.18. The number of aromatic nitrogens is 1. The molecule has 0 bridgehead atoms. The maximum Gasteiger partial charge on any atom is 0.427 e. The fourth-order valence-electron chi connectivity index (χ4n) is 2.81. The Bertz CT molecular complexity index is 656. The van der Waals surface area contributed by atoms with Crippen molar-refractivity contribution in [1.29, 1.82) is 0 Å². The van der Waals surface area contributed by atoms with Crippen molar-refractivity contribution in [2.75, 3.05) is 0 Å². The molecule has 1 aliphatic rings. The fourth-order valence-corrected chi connectivity index (χ4v) is 2.81. The molecule has 1 aliphatic carbocycles. The first-order chi connectivity index (χ1) is 10.2. The van der Waals surface area contributed by atoms with Crippen molar-refractivity contribution in [3.8, 4) is 0 Å². The van der Waals surface area contributed by atoms with Crippen molar-refractivity contribution < 1.29 is 14.3 Å². The average molecular weight is 286 g/mol. The Hall–Kier alpha value is -2.30. The van der Waals surface area contributed by atoms with E-state index in [1.165, 1.54) is 11.0 Å². The summed E-state index contributed by atoms with van der Waals surface area (Å²) in [7, 11) is 0. The molecule has 0 unspecified atom stereocenters. The highest BCUT2D eigenvalue weighted by Gasteiger charge is 2.19. The molecule has 0 saturated heterocycles. The first-order valence-electron chi connectivity index (χ1n) is 7.33. The molecule has 1 heterocycles. The zero-order valence-electron chi connectivity index (χ0n) is 11.7. The van der Waals surface area contributed by atoms with E-state index in [9.17, 15) is 9.59 Å². The number of carbonyl (C=O) groups excluding carboxylic acids is 2. The van der Waals surface area contributed by atoms with Gasteiger partial charge in [-0.05, 0) is 25.0 Å². The van der Waals surface area contributed by atoms with Gasteiger partial charge in [0.1, 0.15) is 0 Å². The lowest BCUT2D eigenvalue weighted by molar-refractivity contribution is 0.147. The van der Waals surface area contributed by atoms with Crippen molar-refractivity contribution in [3.05, 3.63) is 36.5 Å². The minimum atomic E-state index is -0.676. The van der Waals surface area contributed by atoms with Crippen LogP contribution in [-0.4, -0.2) is 22.8 Å². The highest BCUT2D eigenvalue weighted by atomic mass is 16.6. The van der Waals surface area contributed by atoms with Gasteiger partial charge in [0.25, 0.3) is 0 Å². The largest absolute Gasteiger partial charge is 0.427 e. The summed E-state index contributed by atoms with van der Waals surface area (Å²) in [4.78, 5) is 23.8. The van der Waals surface area contributed by atoms with E-state index in [-0.39, 0.29) is 6.04 Å². The molecule has 21 heavy (non-hydrogen) atoms. The Morgan fingerprint density at radius 3 is 2.67 bits per heavy atom. The number of nitrogens with one attached hydrogen (secondary N) is 1. The van der Waals surface area contributed by atoms with Gasteiger partial charge in [0, 0.05) is 17.6 Å². The number of rotatable bonds is 1. The summed E-state index contributed by atoms with van der Waals surface area (Å²) in [5.41, 5.74) is 0.730. The van der Waals surface area contributed by atoms with Crippen LogP contribution in [0.4, 0.5) is 9.59 Å². The molecule has 2 aromatic rings. The van der Waals surface area contributed by atoms with Gasteiger partial charge in [-0.15, -0.1) is 0 Å². The van der Waals surface area contributed by atoms with E-state index >= 15 is 0 Å². The molecule has 1 amide bonds. The summed E-state index contributed by atoms with van der Waals surface area (Å²) in [5.74, 6) is 0. The van der Waals surface area contributed by atoms with Gasteiger partial charge >= 0.3 is 12.2 Å². The lowest BCUT2D eigenvalue weighted by Crippen LogP contribution is -2.38. The SMILES string of the molecule is O=C(NC1CCCCC1)OC(=O)n1ccc2ccccc21. The summed E-state index contributed by atoms with van der Waals surface area (Å²) >= 11 is 0. The van der Waals surface area contributed by atoms with Crippen LogP contribution in [0.15, 0.2) is 36.5 Å². The van der Waals surface area contributed by atoms with Gasteiger partial charge in [-0.1, -0.05) is 37.5 Å². The minimum Gasteiger partial charge on any atom is -0.359 e. The molecule has 1 fully saturated rings. The van der Waals surface area contributed by atoms with Crippen molar-refractivity contribution in [1.82, 2.24) is 9.88 Å². The number of hydrogen-bond donors (Lipinski definition) is 1. The molecule has 0 spiro atoms. The van der Waals surface area contributed by atoms with Gasteiger partial charge in [0.2, 0.25) is 0 Å². The average Bonchev–Trinajstić information content (AvgIpc) is 2.92. The van der Waals surface area contributed by atoms with Crippen molar-refractivity contribution >= 4 is 23.1 Å². The van der Waals surface area contributed by atoms with E-state index in [0.717, 1.165) is 36.6 Å². The summed E-state index contributed by atoms with van der Waals surface area (Å²) < 4.78 is 6.22. The zero-order valence-corrected chi connectivity index (χ0v) is 11.7. The molecule has 1 N–H and O–H groups in total. The molecule has 0 atom stereocenters. The number of fused-ring (bicyclic) bond motifs is 1. The lowest BCUT2D eigenvalue weighted by atomic mass is 9.96. The lowest BCUT2D eigenvalue weighted by Gasteiger charge is -2.21. The molecule has 110 valence electrons. The quantitative estimate of drug-likeness (QED) is 0.814. The van der Waals surface area contributed by atoms with Gasteiger partial charge in [-0.25, -0.2) is 9.59 Å². The second-order valence-corrected chi connectivity index (χ2v) is 5.38. The minimum absolute atomic E-state index is 0.125. The fraction of sp³-hybridized carbons (Fsp3) is 0.375. The van der Waals surface area contributed by atoms with Crippen LogP contribution in [0.25, 0.3) is 10.9 Å². The van der Waals surface area contributed by atoms with Crippen LogP contribution in [0.3, 0.4) is 0 Å². The Kier molecular flexibility index (Phi) is 3.90. The second-order valence-electron chi connectivity index (χ2n) is 5.38. The number of carbonyl (C=O) groups is 2. The molecule has 5 heteroatoms. The number of benzene rings is 1. The number of nitrogens with zero attached hydrogens (tertiary/aromatic N) is 1. The van der Waals surface area contributed by atoms with E-state index in [0.29, 0.717) is 0 Å². The second kappa shape index (κ2) is 5.99. The van der Waals surface area contributed by atoms with E-state index in [1.807, 2.05) is 30.3 Å². The monoisotopic (exact) mass is 286 g/mol. The van der Waals surface area contributed by atoms with E-state index in [1.54, 1.807) is 6.20 Å². The normalized spacial score (nSPS) is 15.8. The smallest absolute Gasteiger partial charge is 0.359 e. The van der Waals surface area contributed by atoms with Crippen LogP contribution in [0.1, 0.15) is 32.1 Å². The van der Waals surface area contributed by atoms with Crippen LogP contribution >= 0.6 is 0 Å². The van der Waals surface area contributed by atoms with Crippen LogP contribution in [0, 0.1) is 0 Å². The number of para-hydroxylation sites is 1. The molecule has 5 nitrogen and oxygen atoms in total. The predicted molar refractivity (Wildman–Crippen MR) is 79.2 cm³/mol. The van der Waals surface area contributed by atoms with Crippen molar-refractivity contribution in [2.24, 2.45) is 0 Å². The summed E-state index contributed by atoms with van der Waals surface area (Å²) in [6.45, 7) is 0. The first-order valence-corrected chi connectivity index (χ1v) is 7.33. The maximum atomic E-state index is 12.1. The third-order valence-electron chi connectivity index (χ3n) is 3.90. The third kappa shape index (κ3) is 3.07. The van der Waals surface area contributed by atoms with Gasteiger partial charge < -0.3 is 10.1 Å². The zero-order chi connectivity index (χ0) is 14.7. The number of ether oxygens (including phenoxy) is 1. The van der Waals surface area contributed by atoms with Gasteiger partial charge in [-0.3, -0.25) is 4.57 Å². The first kappa shape index (κ1) is 13.7. The van der Waals surface area contributed by atoms with Crippen LogP contribution in [-0.2, 0) is 4.74 Å². The van der Waals surface area contributed by atoms with E-state index < -0.39 is 12.2 Å². The Balaban J connectivity index is 1.64. The molecule has 0 radical (unpaired) electrons. The standard InChI is InChI=1S/C16H18N2O3/c19-15(17-13-7-2-1-3-8-13)21-16(20)18-11-10-12-6-4-5-9-14(12)18/h4-6,9-11,13H,1-3,7-8H2,(H,17,19). The Labute approximate surface area is 122 Å².